The smallest absolute Gasteiger partial charge is 0.336 e. The van der Waals surface area contributed by atoms with E-state index in [4.69, 9.17) is 9.84 Å². The number of hydrogen-bond acceptors (Lipinski definition) is 3. The molecular weight excluding hydrogens is 218 g/mol. The van der Waals surface area contributed by atoms with Gasteiger partial charge in [0.2, 0.25) is 0 Å². The topological polar surface area (TPSA) is 59.4 Å². The monoisotopic (exact) mass is 229 g/mol. The second-order valence-electron chi connectivity index (χ2n) is 3.43. The molecule has 2 aromatic rings. The van der Waals surface area contributed by atoms with E-state index in [2.05, 4.69) is 4.98 Å². The number of carboxylic acids is 1. The highest BCUT2D eigenvalue weighted by Gasteiger charge is 2.14. The van der Waals surface area contributed by atoms with E-state index in [1.807, 2.05) is 18.2 Å². The van der Waals surface area contributed by atoms with Crippen LogP contribution in [0.1, 0.15) is 10.4 Å². The lowest BCUT2D eigenvalue weighted by atomic mass is 10.0. The van der Waals surface area contributed by atoms with Gasteiger partial charge in [-0.05, 0) is 12.1 Å². The van der Waals surface area contributed by atoms with Gasteiger partial charge in [0.1, 0.15) is 5.75 Å². The Balaban J connectivity index is 2.64. The molecule has 0 saturated heterocycles. The molecule has 2 rings (SSSR count). The lowest BCUT2D eigenvalue weighted by molar-refractivity contribution is 0.0697. The van der Waals surface area contributed by atoms with Crippen molar-refractivity contribution in [3.05, 3.63) is 48.3 Å². The number of carbonyl (C=O) groups is 1. The zero-order valence-electron chi connectivity index (χ0n) is 9.25. The Labute approximate surface area is 98.5 Å². The summed E-state index contributed by atoms with van der Waals surface area (Å²) in [6.45, 7) is 0. The maximum absolute atomic E-state index is 11.1. The number of carboxylic acid groups (broad SMARTS) is 1. The van der Waals surface area contributed by atoms with Gasteiger partial charge < -0.3 is 9.84 Å². The molecule has 0 aliphatic carbocycles. The number of rotatable bonds is 3. The number of methoxy groups -OCH3 is 1. The highest BCUT2D eigenvalue weighted by Crippen LogP contribution is 2.31. The van der Waals surface area contributed by atoms with Crippen molar-refractivity contribution in [3.8, 4) is 16.9 Å². The molecule has 0 bridgehead atoms. The quantitative estimate of drug-likeness (QED) is 0.878. The predicted octanol–water partition coefficient (Wildman–Crippen LogP) is 2.46. The molecule has 4 heteroatoms. The van der Waals surface area contributed by atoms with Gasteiger partial charge >= 0.3 is 5.97 Å². The number of aromatic nitrogens is 1. The molecule has 0 unspecified atom stereocenters. The third-order valence-corrected chi connectivity index (χ3v) is 2.45. The van der Waals surface area contributed by atoms with Crippen molar-refractivity contribution in [2.45, 2.75) is 0 Å². The fraction of sp³-hybridized carbons (Fsp3) is 0.0769. The van der Waals surface area contributed by atoms with Crippen LogP contribution in [-0.2, 0) is 0 Å². The summed E-state index contributed by atoms with van der Waals surface area (Å²) >= 11 is 0. The van der Waals surface area contributed by atoms with E-state index in [1.54, 1.807) is 13.2 Å². The molecule has 0 aliphatic rings. The zero-order chi connectivity index (χ0) is 12.3. The standard InChI is InChI=1S/C13H11NO3/c1-17-12-5-3-2-4-9(12)11-8-14-7-6-10(11)13(15)16/h2-8H,1H3,(H,15,16). The van der Waals surface area contributed by atoms with E-state index >= 15 is 0 Å². The van der Waals surface area contributed by atoms with Gasteiger partial charge in [0.25, 0.3) is 0 Å². The van der Waals surface area contributed by atoms with Crippen LogP contribution in [0.4, 0.5) is 0 Å². The maximum Gasteiger partial charge on any atom is 0.336 e. The SMILES string of the molecule is COc1ccccc1-c1cnccc1C(=O)O. The first-order chi connectivity index (χ1) is 8.24. The summed E-state index contributed by atoms with van der Waals surface area (Å²) in [5, 5.41) is 9.12. The molecule has 1 aromatic carbocycles. The molecule has 17 heavy (non-hydrogen) atoms. The van der Waals surface area contributed by atoms with E-state index in [0.717, 1.165) is 5.56 Å². The van der Waals surface area contributed by atoms with Gasteiger partial charge in [-0.15, -0.1) is 0 Å². The van der Waals surface area contributed by atoms with Crippen LogP contribution >= 0.6 is 0 Å². The first kappa shape index (κ1) is 11.1. The summed E-state index contributed by atoms with van der Waals surface area (Å²) in [5.41, 5.74) is 1.49. The van der Waals surface area contributed by atoms with Crippen molar-refractivity contribution in [2.24, 2.45) is 0 Å². The van der Waals surface area contributed by atoms with Crippen LogP contribution in [0.15, 0.2) is 42.7 Å². The summed E-state index contributed by atoms with van der Waals surface area (Å²) in [6.07, 6.45) is 2.99. The van der Waals surface area contributed by atoms with E-state index in [0.29, 0.717) is 11.3 Å². The number of aromatic carboxylic acids is 1. The molecule has 1 aromatic heterocycles. The molecule has 0 aliphatic heterocycles. The summed E-state index contributed by atoms with van der Waals surface area (Å²) < 4.78 is 5.21. The summed E-state index contributed by atoms with van der Waals surface area (Å²) in [4.78, 5) is 15.1. The third-order valence-electron chi connectivity index (χ3n) is 2.45. The van der Waals surface area contributed by atoms with Gasteiger partial charge in [-0.1, -0.05) is 18.2 Å². The van der Waals surface area contributed by atoms with E-state index < -0.39 is 5.97 Å². The highest BCUT2D eigenvalue weighted by molar-refractivity contribution is 5.96. The molecule has 0 saturated carbocycles. The van der Waals surface area contributed by atoms with Gasteiger partial charge in [0, 0.05) is 23.5 Å². The van der Waals surface area contributed by atoms with E-state index in [1.165, 1.54) is 18.5 Å². The molecule has 0 spiro atoms. The molecule has 4 nitrogen and oxygen atoms in total. The Morgan fingerprint density at radius 2 is 2.00 bits per heavy atom. The van der Waals surface area contributed by atoms with Gasteiger partial charge in [-0.3, -0.25) is 4.98 Å². The molecular formula is C13H11NO3. The number of hydrogen-bond donors (Lipinski definition) is 1. The molecule has 0 radical (unpaired) electrons. The Kier molecular flexibility index (Phi) is 3.05. The van der Waals surface area contributed by atoms with Crippen LogP contribution < -0.4 is 4.74 Å². The van der Waals surface area contributed by atoms with Gasteiger partial charge in [0.15, 0.2) is 0 Å². The average Bonchev–Trinajstić information content (AvgIpc) is 2.38. The molecule has 0 fully saturated rings. The Morgan fingerprint density at radius 1 is 1.24 bits per heavy atom. The number of pyridine rings is 1. The van der Waals surface area contributed by atoms with Crippen LogP contribution in [0.25, 0.3) is 11.1 Å². The van der Waals surface area contributed by atoms with Crippen molar-refractivity contribution < 1.29 is 14.6 Å². The van der Waals surface area contributed by atoms with Crippen molar-refractivity contribution in [1.82, 2.24) is 4.98 Å². The lowest BCUT2D eigenvalue weighted by Crippen LogP contribution is -2.00. The minimum Gasteiger partial charge on any atom is -0.496 e. The number of para-hydroxylation sites is 1. The minimum absolute atomic E-state index is 0.213. The van der Waals surface area contributed by atoms with Crippen molar-refractivity contribution in [3.63, 3.8) is 0 Å². The maximum atomic E-state index is 11.1. The predicted molar refractivity (Wildman–Crippen MR) is 63.2 cm³/mol. The minimum atomic E-state index is -0.978. The molecule has 0 atom stereocenters. The Morgan fingerprint density at radius 3 is 2.71 bits per heavy atom. The molecule has 0 amide bonds. The Bertz CT molecular complexity index is 552. The fourth-order valence-electron chi connectivity index (χ4n) is 1.66. The van der Waals surface area contributed by atoms with Gasteiger partial charge in [0.05, 0.1) is 12.7 Å². The molecule has 1 heterocycles. The summed E-state index contributed by atoms with van der Waals surface area (Å²) in [5.74, 6) is -0.351. The number of nitrogens with zero attached hydrogens (tertiary/aromatic N) is 1. The Hall–Kier alpha value is -2.36. The zero-order valence-corrected chi connectivity index (χ0v) is 9.25. The van der Waals surface area contributed by atoms with Gasteiger partial charge in [-0.25, -0.2) is 4.79 Å². The van der Waals surface area contributed by atoms with Crippen molar-refractivity contribution in [2.75, 3.05) is 7.11 Å². The second kappa shape index (κ2) is 4.65. The lowest BCUT2D eigenvalue weighted by Gasteiger charge is -2.09. The second-order valence-corrected chi connectivity index (χ2v) is 3.43. The summed E-state index contributed by atoms with van der Waals surface area (Å²) in [6, 6.07) is 8.73. The van der Waals surface area contributed by atoms with Crippen LogP contribution in [0.5, 0.6) is 5.75 Å². The molecule has 1 N–H and O–H groups in total. The van der Waals surface area contributed by atoms with Crippen molar-refractivity contribution in [1.29, 1.82) is 0 Å². The third kappa shape index (κ3) is 2.10. The van der Waals surface area contributed by atoms with Crippen LogP contribution in [0.2, 0.25) is 0 Å². The number of benzene rings is 1. The van der Waals surface area contributed by atoms with Gasteiger partial charge in [-0.2, -0.15) is 0 Å². The summed E-state index contributed by atoms with van der Waals surface area (Å²) in [7, 11) is 1.55. The fourth-order valence-corrected chi connectivity index (χ4v) is 1.66. The average molecular weight is 229 g/mol. The first-order valence-corrected chi connectivity index (χ1v) is 5.04. The molecule has 86 valence electrons. The normalized spacial score (nSPS) is 9.94. The van der Waals surface area contributed by atoms with E-state index in [9.17, 15) is 4.79 Å². The highest BCUT2D eigenvalue weighted by atomic mass is 16.5. The number of ether oxygens (including phenoxy) is 1. The van der Waals surface area contributed by atoms with Crippen LogP contribution in [0, 0.1) is 0 Å². The van der Waals surface area contributed by atoms with Crippen LogP contribution in [0.3, 0.4) is 0 Å². The van der Waals surface area contributed by atoms with E-state index in [-0.39, 0.29) is 5.56 Å². The first-order valence-electron chi connectivity index (χ1n) is 5.04. The van der Waals surface area contributed by atoms with Crippen molar-refractivity contribution >= 4 is 5.97 Å². The van der Waals surface area contributed by atoms with Crippen LogP contribution in [-0.4, -0.2) is 23.2 Å². The largest absolute Gasteiger partial charge is 0.496 e.